The predicted octanol–water partition coefficient (Wildman–Crippen LogP) is 3.49. The van der Waals surface area contributed by atoms with Gasteiger partial charge in [-0.15, -0.1) is 5.10 Å². The zero-order chi connectivity index (χ0) is 26.1. The standard InChI is InChI=1S/C24H29N5O6/c1-12(2)17-10-16(11-25-20(17)30)34-18-13(3)8-15(9-14(18)4)29-22(32)27-21(31)19(28-29)26-23(33)35-24(5,6)7/h8-12H,1-7H3,(H,25,30)(H,26,28,33)(H,27,31,32). The van der Waals surface area contributed by atoms with Gasteiger partial charge in [0.25, 0.3) is 11.1 Å². The number of anilines is 1. The molecule has 11 nitrogen and oxygen atoms in total. The molecular formula is C24H29N5O6. The molecule has 0 aliphatic heterocycles. The third-order valence-corrected chi connectivity index (χ3v) is 4.88. The van der Waals surface area contributed by atoms with E-state index in [1.54, 1.807) is 52.8 Å². The number of carbonyl (C=O) groups excluding carboxylic acids is 1. The molecule has 0 unspecified atom stereocenters. The summed E-state index contributed by atoms with van der Waals surface area (Å²) in [5, 5.41) is 6.28. The molecule has 0 radical (unpaired) electrons. The first-order valence-corrected chi connectivity index (χ1v) is 11.0. The molecule has 0 spiro atoms. The van der Waals surface area contributed by atoms with Gasteiger partial charge < -0.3 is 14.5 Å². The van der Waals surface area contributed by atoms with Gasteiger partial charge in [0.1, 0.15) is 17.1 Å². The number of amides is 1. The van der Waals surface area contributed by atoms with Crippen molar-refractivity contribution < 1.29 is 14.3 Å². The van der Waals surface area contributed by atoms with Gasteiger partial charge in [0.2, 0.25) is 5.82 Å². The zero-order valence-corrected chi connectivity index (χ0v) is 20.7. The lowest BCUT2D eigenvalue weighted by molar-refractivity contribution is 0.0634. The lowest BCUT2D eigenvalue weighted by Gasteiger charge is -2.19. The Labute approximate surface area is 201 Å². The molecule has 3 N–H and O–H groups in total. The van der Waals surface area contributed by atoms with Crippen molar-refractivity contribution in [3.05, 3.63) is 72.3 Å². The molecule has 3 aromatic rings. The van der Waals surface area contributed by atoms with Gasteiger partial charge in [-0.2, -0.15) is 4.68 Å². The van der Waals surface area contributed by atoms with Gasteiger partial charge in [-0.25, -0.2) is 9.59 Å². The number of nitrogens with zero attached hydrogens (tertiary/aromatic N) is 2. The van der Waals surface area contributed by atoms with E-state index in [-0.39, 0.29) is 17.3 Å². The molecular weight excluding hydrogens is 454 g/mol. The Bertz CT molecular complexity index is 1420. The van der Waals surface area contributed by atoms with E-state index < -0.39 is 22.9 Å². The fourth-order valence-corrected chi connectivity index (χ4v) is 3.35. The van der Waals surface area contributed by atoms with Crippen LogP contribution in [0.4, 0.5) is 10.6 Å². The minimum absolute atomic E-state index is 0.0218. The van der Waals surface area contributed by atoms with Crippen LogP contribution in [0.25, 0.3) is 5.69 Å². The van der Waals surface area contributed by atoms with Crippen molar-refractivity contribution in [3.63, 3.8) is 0 Å². The molecule has 0 aliphatic carbocycles. The summed E-state index contributed by atoms with van der Waals surface area (Å²) in [5.41, 5.74) is -0.275. The number of nitrogens with one attached hydrogen (secondary N) is 3. The van der Waals surface area contributed by atoms with Crippen LogP contribution in [0.2, 0.25) is 0 Å². The number of carbonyl (C=O) groups is 1. The molecule has 11 heteroatoms. The van der Waals surface area contributed by atoms with Crippen LogP contribution in [0, 0.1) is 13.8 Å². The Morgan fingerprint density at radius 1 is 1.06 bits per heavy atom. The minimum atomic E-state index is -0.876. The molecule has 2 heterocycles. The first-order chi connectivity index (χ1) is 16.2. The van der Waals surface area contributed by atoms with Crippen LogP contribution in [-0.4, -0.2) is 31.4 Å². The van der Waals surface area contributed by atoms with Crippen molar-refractivity contribution in [3.8, 4) is 17.2 Å². The van der Waals surface area contributed by atoms with Crippen LogP contribution >= 0.6 is 0 Å². The number of aromatic amines is 2. The van der Waals surface area contributed by atoms with Crippen molar-refractivity contribution in [2.24, 2.45) is 0 Å². The van der Waals surface area contributed by atoms with Crippen LogP contribution in [0.5, 0.6) is 11.5 Å². The summed E-state index contributed by atoms with van der Waals surface area (Å²) in [6.07, 6.45) is 0.613. The minimum Gasteiger partial charge on any atom is -0.455 e. The van der Waals surface area contributed by atoms with Crippen molar-refractivity contribution >= 4 is 11.9 Å². The van der Waals surface area contributed by atoms with Crippen LogP contribution in [0.1, 0.15) is 57.2 Å². The lowest BCUT2D eigenvalue weighted by atomic mass is 10.1. The highest BCUT2D eigenvalue weighted by molar-refractivity contribution is 5.83. The largest absolute Gasteiger partial charge is 0.455 e. The van der Waals surface area contributed by atoms with E-state index in [2.05, 4.69) is 20.4 Å². The van der Waals surface area contributed by atoms with Gasteiger partial charge in [0, 0.05) is 11.8 Å². The molecule has 186 valence electrons. The number of aryl methyl sites for hydroxylation is 2. The van der Waals surface area contributed by atoms with Crippen LogP contribution < -0.4 is 26.9 Å². The normalized spacial score (nSPS) is 11.4. The fourth-order valence-electron chi connectivity index (χ4n) is 3.35. The van der Waals surface area contributed by atoms with Gasteiger partial charge in [0.15, 0.2) is 0 Å². The van der Waals surface area contributed by atoms with E-state index in [1.165, 1.54) is 6.20 Å². The number of benzene rings is 1. The van der Waals surface area contributed by atoms with E-state index in [4.69, 9.17) is 9.47 Å². The Hall–Kier alpha value is -4.15. The second-order valence-electron chi connectivity index (χ2n) is 9.43. The van der Waals surface area contributed by atoms with Gasteiger partial charge in [-0.3, -0.25) is 19.9 Å². The first-order valence-electron chi connectivity index (χ1n) is 11.0. The highest BCUT2D eigenvalue weighted by Crippen LogP contribution is 2.31. The van der Waals surface area contributed by atoms with Crippen molar-refractivity contribution in [2.75, 3.05) is 5.32 Å². The zero-order valence-electron chi connectivity index (χ0n) is 20.7. The van der Waals surface area contributed by atoms with Crippen LogP contribution in [0.3, 0.4) is 0 Å². The highest BCUT2D eigenvalue weighted by atomic mass is 16.6. The van der Waals surface area contributed by atoms with Gasteiger partial charge in [0.05, 0.1) is 5.69 Å². The van der Waals surface area contributed by atoms with Gasteiger partial charge >= 0.3 is 11.8 Å². The molecule has 0 fully saturated rings. The van der Waals surface area contributed by atoms with E-state index >= 15 is 0 Å². The SMILES string of the molecule is Cc1cc(-n2nc(NC(=O)OC(C)(C)C)c(=O)[nH]c2=O)cc(C)c1Oc1c[nH]c(=O)c(C(C)C)c1. The topological polar surface area (TPSA) is 148 Å². The summed E-state index contributed by atoms with van der Waals surface area (Å²) < 4.78 is 12.2. The molecule has 0 saturated heterocycles. The maximum Gasteiger partial charge on any atom is 0.413 e. The number of aromatic nitrogens is 4. The van der Waals surface area contributed by atoms with E-state index in [9.17, 15) is 19.2 Å². The third-order valence-electron chi connectivity index (χ3n) is 4.88. The Morgan fingerprint density at radius 3 is 2.26 bits per heavy atom. The van der Waals surface area contributed by atoms with Gasteiger partial charge in [-0.05, 0) is 69.9 Å². The van der Waals surface area contributed by atoms with E-state index in [1.807, 2.05) is 13.8 Å². The predicted molar refractivity (Wildman–Crippen MR) is 131 cm³/mol. The number of hydrogen-bond donors (Lipinski definition) is 3. The summed E-state index contributed by atoms with van der Waals surface area (Å²) in [5.74, 6) is 0.646. The number of ether oxygens (including phenoxy) is 2. The summed E-state index contributed by atoms with van der Waals surface area (Å²) in [6.45, 7) is 12.4. The maximum absolute atomic E-state index is 12.5. The van der Waals surface area contributed by atoms with Crippen molar-refractivity contribution in [2.45, 2.75) is 60.0 Å². The number of pyridine rings is 1. The molecule has 1 amide bonds. The first kappa shape index (κ1) is 25.5. The summed E-state index contributed by atoms with van der Waals surface area (Å²) in [7, 11) is 0. The second-order valence-corrected chi connectivity index (χ2v) is 9.43. The number of hydrogen-bond acceptors (Lipinski definition) is 7. The summed E-state index contributed by atoms with van der Waals surface area (Å²) >= 11 is 0. The average Bonchev–Trinajstić information content (AvgIpc) is 2.72. The van der Waals surface area contributed by atoms with Crippen molar-refractivity contribution in [1.29, 1.82) is 0 Å². The summed E-state index contributed by atoms with van der Waals surface area (Å²) in [4.78, 5) is 53.6. The number of H-pyrrole nitrogens is 2. The average molecular weight is 484 g/mol. The molecule has 3 rings (SSSR count). The van der Waals surface area contributed by atoms with E-state index in [0.717, 1.165) is 4.68 Å². The van der Waals surface area contributed by atoms with Crippen molar-refractivity contribution in [1.82, 2.24) is 19.7 Å². The van der Waals surface area contributed by atoms with E-state index in [0.29, 0.717) is 33.9 Å². The highest BCUT2D eigenvalue weighted by Gasteiger charge is 2.19. The Kier molecular flexibility index (Phi) is 6.99. The van der Waals surface area contributed by atoms with Gasteiger partial charge in [-0.1, -0.05) is 13.8 Å². The smallest absolute Gasteiger partial charge is 0.413 e. The lowest BCUT2D eigenvalue weighted by Crippen LogP contribution is -2.36. The van der Waals surface area contributed by atoms with Crippen LogP contribution in [-0.2, 0) is 4.74 Å². The molecule has 0 saturated carbocycles. The quantitative estimate of drug-likeness (QED) is 0.503. The fraction of sp³-hybridized carbons (Fsp3) is 0.375. The second kappa shape index (κ2) is 9.61. The molecule has 2 aromatic heterocycles. The Morgan fingerprint density at radius 2 is 1.69 bits per heavy atom. The molecule has 1 aromatic carbocycles. The molecule has 0 atom stereocenters. The summed E-state index contributed by atoms with van der Waals surface area (Å²) in [6, 6.07) is 5.00. The molecule has 35 heavy (non-hydrogen) atoms. The monoisotopic (exact) mass is 483 g/mol. The Balaban J connectivity index is 1.97. The molecule has 0 aliphatic rings. The number of rotatable bonds is 5. The van der Waals surface area contributed by atoms with Crippen LogP contribution in [0.15, 0.2) is 38.8 Å². The maximum atomic E-state index is 12.5. The third kappa shape index (κ3) is 6.05. The molecule has 0 bridgehead atoms.